The van der Waals surface area contributed by atoms with Gasteiger partial charge in [0, 0.05) is 23.9 Å². The summed E-state index contributed by atoms with van der Waals surface area (Å²) in [6, 6.07) is 17.7. The summed E-state index contributed by atoms with van der Waals surface area (Å²) in [4.78, 5) is 35.1. The number of benzene rings is 2. The number of amides is 1. The third-order valence-corrected chi connectivity index (χ3v) is 5.70. The first-order valence-electron chi connectivity index (χ1n) is 10.3. The molecule has 9 heteroatoms. The van der Waals surface area contributed by atoms with Crippen molar-refractivity contribution in [2.24, 2.45) is 0 Å². The molecule has 2 aromatic carbocycles. The Balaban J connectivity index is 1.88. The number of H-pyrrole nitrogens is 1. The van der Waals surface area contributed by atoms with E-state index in [1.807, 2.05) is 68.4 Å². The van der Waals surface area contributed by atoms with Crippen molar-refractivity contribution in [1.82, 2.24) is 15.5 Å². The number of hydrogen-bond donors (Lipinski definition) is 5. The molecule has 2 unspecified atom stereocenters. The predicted molar refractivity (Wildman–Crippen MR) is 120 cm³/mol. The molecule has 0 aliphatic heterocycles. The highest BCUT2D eigenvalue weighted by molar-refractivity contribution is 5.95. The summed E-state index contributed by atoms with van der Waals surface area (Å²) in [5.41, 5.74) is 1.67. The van der Waals surface area contributed by atoms with Gasteiger partial charge in [0.05, 0.1) is 0 Å². The number of aromatic carboxylic acids is 1. The van der Waals surface area contributed by atoms with Crippen molar-refractivity contribution in [2.45, 2.75) is 37.8 Å². The maximum absolute atomic E-state index is 12.7. The lowest BCUT2D eigenvalue weighted by molar-refractivity contribution is -0.147. The molecule has 1 aromatic heterocycles. The Morgan fingerprint density at radius 1 is 1.00 bits per heavy atom. The summed E-state index contributed by atoms with van der Waals surface area (Å²) in [6.07, 6.45) is -1.96. The lowest BCUT2D eigenvalue weighted by Gasteiger charge is -2.36. The number of carbonyl (C=O) groups is 3. The van der Waals surface area contributed by atoms with E-state index in [0.29, 0.717) is 0 Å². The molecule has 0 fully saturated rings. The van der Waals surface area contributed by atoms with Gasteiger partial charge in [-0.2, -0.15) is 5.10 Å². The molecule has 1 amide bonds. The predicted octanol–water partition coefficient (Wildman–Crippen LogP) is 2.69. The Morgan fingerprint density at radius 3 is 2.15 bits per heavy atom. The number of hydrogen-bond acceptors (Lipinski definition) is 5. The summed E-state index contributed by atoms with van der Waals surface area (Å²) in [6.45, 7) is 3.66. The van der Waals surface area contributed by atoms with Crippen LogP contribution in [0.5, 0.6) is 0 Å². The van der Waals surface area contributed by atoms with Crippen LogP contribution in [-0.2, 0) is 10.2 Å². The minimum atomic E-state index is -1.70. The lowest BCUT2D eigenvalue weighted by Crippen LogP contribution is -2.50. The van der Waals surface area contributed by atoms with Crippen molar-refractivity contribution in [3.8, 4) is 11.1 Å². The summed E-state index contributed by atoms with van der Waals surface area (Å²) < 4.78 is 0. The van der Waals surface area contributed by atoms with E-state index in [1.54, 1.807) is 0 Å². The van der Waals surface area contributed by atoms with Gasteiger partial charge in [-0.05, 0) is 16.7 Å². The zero-order valence-electron chi connectivity index (χ0n) is 18.1. The number of aliphatic hydroxyl groups is 1. The number of aromatic nitrogens is 2. The van der Waals surface area contributed by atoms with Crippen LogP contribution in [-0.4, -0.2) is 55.5 Å². The number of carboxylic acid groups (broad SMARTS) is 2. The van der Waals surface area contributed by atoms with Gasteiger partial charge in [0.25, 0.3) is 5.91 Å². The fraction of sp³-hybridized carbons (Fsp3) is 0.250. The maximum Gasteiger partial charge on any atom is 0.353 e. The number of aliphatic hydroxyl groups excluding tert-OH is 1. The van der Waals surface area contributed by atoms with E-state index in [4.69, 9.17) is 5.11 Å². The molecule has 0 saturated carbocycles. The van der Waals surface area contributed by atoms with Gasteiger partial charge in [-0.3, -0.25) is 9.89 Å². The highest BCUT2D eigenvalue weighted by Gasteiger charge is 2.36. The first-order valence-corrected chi connectivity index (χ1v) is 10.3. The normalized spacial score (nSPS) is 13.2. The number of carboxylic acids is 2. The number of aromatic amines is 1. The molecule has 2 atom stereocenters. The Hall–Kier alpha value is -3.98. The molecule has 0 spiro atoms. The smallest absolute Gasteiger partial charge is 0.353 e. The second-order valence-corrected chi connectivity index (χ2v) is 8.25. The average molecular weight is 451 g/mol. The molecule has 0 bridgehead atoms. The Morgan fingerprint density at radius 2 is 1.61 bits per heavy atom. The number of carbonyl (C=O) groups excluding carboxylic acids is 1. The van der Waals surface area contributed by atoms with Crippen molar-refractivity contribution < 1.29 is 29.7 Å². The molecule has 33 heavy (non-hydrogen) atoms. The van der Waals surface area contributed by atoms with E-state index in [2.05, 4.69) is 15.5 Å². The molecule has 0 aliphatic carbocycles. The van der Waals surface area contributed by atoms with E-state index < -0.39 is 35.4 Å². The van der Waals surface area contributed by atoms with Crippen molar-refractivity contribution >= 4 is 17.8 Å². The van der Waals surface area contributed by atoms with E-state index in [-0.39, 0.29) is 17.8 Å². The van der Waals surface area contributed by atoms with Gasteiger partial charge in [0.1, 0.15) is 5.69 Å². The van der Waals surface area contributed by atoms with Crippen molar-refractivity contribution in [3.63, 3.8) is 0 Å². The largest absolute Gasteiger partial charge is 0.479 e. The molecular formula is C24H25N3O6. The number of nitrogens with one attached hydrogen (secondary N) is 2. The van der Waals surface area contributed by atoms with Gasteiger partial charge < -0.3 is 20.6 Å². The zero-order valence-corrected chi connectivity index (χ0v) is 18.1. The third kappa shape index (κ3) is 5.45. The third-order valence-electron chi connectivity index (χ3n) is 5.70. The van der Waals surface area contributed by atoms with Crippen LogP contribution < -0.4 is 5.32 Å². The SMILES string of the molecule is CC(C)(c1ccc(-c2ccccc2)cc1)C(CC(O)C(=O)O)NC(=O)c1cc(C(=O)O)[nH]n1. The lowest BCUT2D eigenvalue weighted by atomic mass is 9.75. The fourth-order valence-electron chi connectivity index (χ4n) is 3.56. The van der Waals surface area contributed by atoms with Gasteiger partial charge in [-0.1, -0.05) is 68.4 Å². The number of rotatable bonds is 9. The molecule has 3 aromatic rings. The number of aliphatic carboxylic acids is 1. The first kappa shape index (κ1) is 23.7. The van der Waals surface area contributed by atoms with E-state index in [0.717, 1.165) is 22.8 Å². The van der Waals surface area contributed by atoms with Gasteiger partial charge in [0.15, 0.2) is 11.8 Å². The monoisotopic (exact) mass is 451 g/mol. The second kappa shape index (κ2) is 9.66. The van der Waals surface area contributed by atoms with Gasteiger partial charge in [0.2, 0.25) is 0 Å². The van der Waals surface area contributed by atoms with Crippen LogP contribution in [0, 0.1) is 0 Å². The van der Waals surface area contributed by atoms with Crippen molar-refractivity contribution in [1.29, 1.82) is 0 Å². The zero-order chi connectivity index (χ0) is 24.2. The van der Waals surface area contributed by atoms with Crippen LogP contribution >= 0.6 is 0 Å². The Bertz CT molecular complexity index is 1140. The summed E-state index contributed by atoms with van der Waals surface area (Å²) in [5, 5.41) is 36.9. The Kier molecular flexibility index (Phi) is 6.93. The molecule has 0 radical (unpaired) electrons. The van der Waals surface area contributed by atoms with Crippen LogP contribution in [0.2, 0.25) is 0 Å². The highest BCUT2D eigenvalue weighted by Crippen LogP contribution is 2.32. The van der Waals surface area contributed by atoms with E-state index in [1.165, 1.54) is 0 Å². The van der Waals surface area contributed by atoms with Gasteiger partial charge in [-0.15, -0.1) is 0 Å². The molecule has 5 N–H and O–H groups in total. The van der Waals surface area contributed by atoms with Crippen LogP contribution in [0.3, 0.4) is 0 Å². The maximum atomic E-state index is 12.7. The standard InChI is InChI=1S/C24H25N3O6/c1-24(2,16-10-8-15(9-11-16)14-6-4-3-5-7-14)20(13-19(28)23(32)33)25-21(29)17-12-18(22(30)31)27-26-17/h3-12,19-20,28H,13H2,1-2H3,(H,25,29)(H,26,27)(H,30,31)(H,32,33). The molecule has 3 rings (SSSR count). The molecule has 172 valence electrons. The molecule has 9 nitrogen and oxygen atoms in total. The second-order valence-electron chi connectivity index (χ2n) is 8.25. The van der Waals surface area contributed by atoms with Crippen LogP contribution in [0.4, 0.5) is 0 Å². The minimum absolute atomic E-state index is 0.155. The summed E-state index contributed by atoms with van der Waals surface area (Å²) in [7, 11) is 0. The Labute approximate surface area is 190 Å². The molecule has 0 saturated heterocycles. The first-order chi connectivity index (χ1) is 15.6. The van der Waals surface area contributed by atoms with Crippen molar-refractivity contribution in [3.05, 3.63) is 77.6 Å². The van der Waals surface area contributed by atoms with Gasteiger partial charge >= 0.3 is 11.9 Å². The molecule has 0 aliphatic rings. The van der Waals surface area contributed by atoms with Crippen molar-refractivity contribution in [2.75, 3.05) is 0 Å². The molecular weight excluding hydrogens is 426 g/mol. The topological polar surface area (TPSA) is 153 Å². The average Bonchev–Trinajstić information content (AvgIpc) is 3.30. The van der Waals surface area contributed by atoms with Gasteiger partial charge in [-0.25, -0.2) is 9.59 Å². The summed E-state index contributed by atoms with van der Waals surface area (Å²) >= 11 is 0. The fourth-order valence-corrected chi connectivity index (χ4v) is 3.56. The minimum Gasteiger partial charge on any atom is -0.479 e. The highest BCUT2D eigenvalue weighted by atomic mass is 16.4. The number of nitrogens with zero attached hydrogens (tertiary/aromatic N) is 1. The van der Waals surface area contributed by atoms with E-state index >= 15 is 0 Å². The summed E-state index contributed by atoms with van der Waals surface area (Å²) in [5.74, 6) is -3.36. The van der Waals surface area contributed by atoms with Crippen LogP contribution in [0.25, 0.3) is 11.1 Å². The van der Waals surface area contributed by atoms with Crippen LogP contribution in [0.15, 0.2) is 60.7 Å². The quantitative estimate of drug-likeness (QED) is 0.335. The van der Waals surface area contributed by atoms with E-state index in [9.17, 15) is 24.6 Å². The molecule has 1 heterocycles. The van der Waals surface area contributed by atoms with Crippen LogP contribution in [0.1, 0.15) is 46.8 Å².